The van der Waals surface area contributed by atoms with Crippen LogP contribution in [0.2, 0.25) is 0 Å². The van der Waals surface area contributed by atoms with E-state index in [1.165, 1.54) is 6.07 Å². The molecule has 2 heterocycles. The molecule has 2 saturated heterocycles. The second kappa shape index (κ2) is 9.17. The molecule has 2 amide bonds. The van der Waals surface area contributed by atoms with Crippen LogP contribution in [0.4, 0.5) is 8.78 Å². The normalized spacial score (nSPS) is 18.9. The van der Waals surface area contributed by atoms with Gasteiger partial charge in [0.2, 0.25) is 11.8 Å². The number of likely N-dealkylation sites (tertiary alicyclic amines) is 2. The van der Waals surface area contributed by atoms with Gasteiger partial charge in [0.25, 0.3) is 0 Å². The van der Waals surface area contributed by atoms with E-state index in [-0.39, 0.29) is 29.9 Å². The van der Waals surface area contributed by atoms with Crippen molar-refractivity contribution in [2.24, 2.45) is 11.7 Å². The molecule has 3 rings (SSSR count). The first kappa shape index (κ1) is 21.0. The number of carbonyl (C=O) groups is 2. The number of amides is 2. The second-order valence-corrected chi connectivity index (χ2v) is 8.21. The van der Waals surface area contributed by atoms with Gasteiger partial charge in [-0.3, -0.25) is 14.5 Å². The summed E-state index contributed by atoms with van der Waals surface area (Å²) in [5.41, 5.74) is 5.94. The van der Waals surface area contributed by atoms with Crippen molar-refractivity contribution in [3.05, 3.63) is 28.2 Å². The second-order valence-electron chi connectivity index (χ2n) is 7.30. The Kier molecular flexibility index (Phi) is 6.87. The van der Waals surface area contributed by atoms with Gasteiger partial charge in [-0.2, -0.15) is 8.78 Å². The average molecular weight is 460 g/mol. The molecule has 0 aromatic heterocycles. The Balaban J connectivity index is 1.45. The van der Waals surface area contributed by atoms with Crippen LogP contribution in [0.1, 0.15) is 24.8 Å². The van der Waals surface area contributed by atoms with Gasteiger partial charge in [-0.15, -0.1) is 0 Å². The molecule has 28 heavy (non-hydrogen) atoms. The molecule has 154 valence electrons. The van der Waals surface area contributed by atoms with Crippen LogP contribution < -0.4 is 10.5 Å². The minimum atomic E-state index is -2.90. The molecule has 1 aromatic carbocycles. The van der Waals surface area contributed by atoms with Crippen LogP contribution in [0.3, 0.4) is 0 Å². The number of benzene rings is 1. The third kappa shape index (κ3) is 5.20. The number of halogens is 3. The molecule has 0 radical (unpaired) electrons. The van der Waals surface area contributed by atoms with E-state index in [4.69, 9.17) is 5.73 Å². The highest BCUT2D eigenvalue weighted by Gasteiger charge is 2.36. The monoisotopic (exact) mass is 459 g/mol. The number of primary amides is 1. The topological polar surface area (TPSA) is 75.9 Å². The van der Waals surface area contributed by atoms with E-state index in [0.29, 0.717) is 31.1 Å². The Morgan fingerprint density at radius 1 is 1.25 bits per heavy atom. The summed E-state index contributed by atoms with van der Waals surface area (Å²) in [6.45, 7) is 0.0857. The van der Waals surface area contributed by atoms with Crippen molar-refractivity contribution < 1.29 is 23.1 Å². The molecule has 0 saturated carbocycles. The molecule has 9 heteroatoms. The molecule has 6 nitrogen and oxygen atoms in total. The quantitative estimate of drug-likeness (QED) is 0.678. The van der Waals surface area contributed by atoms with Crippen LogP contribution in [0.5, 0.6) is 5.75 Å². The lowest BCUT2D eigenvalue weighted by molar-refractivity contribution is -0.139. The lowest BCUT2D eigenvalue weighted by Crippen LogP contribution is -2.62. The van der Waals surface area contributed by atoms with Gasteiger partial charge in [0, 0.05) is 35.9 Å². The van der Waals surface area contributed by atoms with Gasteiger partial charge in [0.1, 0.15) is 5.75 Å². The fourth-order valence-electron chi connectivity index (χ4n) is 3.79. The van der Waals surface area contributed by atoms with Gasteiger partial charge in [0.15, 0.2) is 0 Å². The smallest absolute Gasteiger partial charge is 0.387 e. The molecular formula is C19H24BrF2N3O3. The first-order valence-corrected chi connectivity index (χ1v) is 10.2. The maximum absolute atomic E-state index is 12.5. The summed E-state index contributed by atoms with van der Waals surface area (Å²) >= 11 is 3.32. The Bertz CT molecular complexity index is 720. The highest BCUT2D eigenvalue weighted by atomic mass is 79.9. The first-order chi connectivity index (χ1) is 13.3. The SMILES string of the molecule is NC(=O)C1CCN(C2CN(C(=O)CCc3cc(Br)ccc3OC(F)F)C2)CC1. The number of nitrogens with two attached hydrogens (primary N) is 1. The van der Waals surface area contributed by atoms with E-state index in [0.717, 1.165) is 30.4 Å². The minimum absolute atomic E-state index is 0.00578. The highest BCUT2D eigenvalue weighted by Crippen LogP contribution is 2.27. The van der Waals surface area contributed by atoms with Gasteiger partial charge >= 0.3 is 6.61 Å². The molecule has 0 unspecified atom stereocenters. The predicted molar refractivity (Wildman–Crippen MR) is 103 cm³/mol. The lowest BCUT2D eigenvalue weighted by atomic mass is 9.93. The van der Waals surface area contributed by atoms with Crippen molar-refractivity contribution in [2.45, 2.75) is 38.3 Å². The van der Waals surface area contributed by atoms with Crippen molar-refractivity contribution in [3.8, 4) is 5.75 Å². The Hall–Kier alpha value is -1.74. The summed E-state index contributed by atoms with van der Waals surface area (Å²) in [5, 5.41) is 0. The average Bonchev–Trinajstić information content (AvgIpc) is 2.60. The number of ether oxygens (including phenoxy) is 1. The van der Waals surface area contributed by atoms with E-state index in [1.54, 1.807) is 17.0 Å². The van der Waals surface area contributed by atoms with Crippen LogP contribution in [-0.4, -0.2) is 60.4 Å². The zero-order chi connectivity index (χ0) is 20.3. The summed E-state index contributed by atoms with van der Waals surface area (Å²) in [7, 11) is 0. The molecule has 0 atom stereocenters. The number of carbonyl (C=O) groups excluding carboxylic acids is 2. The number of rotatable bonds is 7. The van der Waals surface area contributed by atoms with Crippen LogP contribution in [0, 0.1) is 5.92 Å². The summed E-state index contributed by atoms with van der Waals surface area (Å²) in [6, 6.07) is 5.13. The standard InChI is InChI=1S/C19H24BrF2N3O3/c20-14-2-3-16(28-19(21)22)13(9-14)1-4-17(26)25-10-15(11-25)24-7-5-12(6-8-24)18(23)27/h2-3,9,12,15,19H,1,4-8,10-11H2,(H2,23,27). The molecular weight excluding hydrogens is 436 g/mol. The molecule has 0 aliphatic carbocycles. The van der Waals surface area contributed by atoms with Gasteiger partial charge in [-0.05, 0) is 56.1 Å². The van der Waals surface area contributed by atoms with E-state index in [9.17, 15) is 18.4 Å². The van der Waals surface area contributed by atoms with Crippen molar-refractivity contribution in [1.29, 1.82) is 0 Å². The van der Waals surface area contributed by atoms with Crippen LogP contribution in [0.15, 0.2) is 22.7 Å². The summed E-state index contributed by atoms with van der Waals surface area (Å²) in [4.78, 5) is 27.8. The molecule has 2 fully saturated rings. The molecule has 0 spiro atoms. The summed E-state index contributed by atoms with van der Waals surface area (Å²) < 4.78 is 30.4. The number of hydrogen-bond donors (Lipinski definition) is 1. The largest absolute Gasteiger partial charge is 0.435 e. The maximum Gasteiger partial charge on any atom is 0.387 e. The molecule has 2 aliphatic heterocycles. The fourth-order valence-corrected chi connectivity index (χ4v) is 4.20. The number of nitrogens with zero attached hydrogens (tertiary/aromatic N) is 2. The van der Waals surface area contributed by atoms with Gasteiger partial charge < -0.3 is 15.4 Å². The van der Waals surface area contributed by atoms with Crippen molar-refractivity contribution >= 4 is 27.7 Å². The van der Waals surface area contributed by atoms with Crippen LogP contribution >= 0.6 is 15.9 Å². The van der Waals surface area contributed by atoms with Crippen LogP contribution in [0.25, 0.3) is 0 Å². The third-order valence-corrected chi connectivity index (χ3v) is 6.00. The lowest BCUT2D eigenvalue weighted by Gasteiger charge is -2.47. The fraction of sp³-hybridized carbons (Fsp3) is 0.579. The highest BCUT2D eigenvalue weighted by molar-refractivity contribution is 9.10. The van der Waals surface area contributed by atoms with E-state index in [2.05, 4.69) is 25.6 Å². The molecule has 2 N–H and O–H groups in total. The first-order valence-electron chi connectivity index (χ1n) is 9.38. The maximum atomic E-state index is 12.5. The van der Waals surface area contributed by atoms with E-state index in [1.807, 2.05) is 0 Å². The van der Waals surface area contributed by atoms with Gasteiger partial charge in [0.05, 0.1) is 0 Å². The Labute approximate surface area is 171 Å². The number of piperidine rings is 1. The molecule has 1 aromatic rings. The van der Waals surface area contributed by atoms with Crippen molar-refractivity contribution in [1.82, 2.24) is 9.80 Å². The number of hydrogen-bond acceptors (Lipinski definition) is 4. The Morgan fingerprint density at radius 2 is 1.93 bits per heavy atom. The van der Waals surface area contributed by atoms with Crippen molar-refractivity contribution in [2.75, 3.05) is 26.2 Å². The van der Waals surface area contributed by atoms with Crippen LogP contribution in [-0.2, 0) is 16.0 Å². The van der Waals surface area contributed by atoms with Crippen molar-refractivity contribution in [3.63, 3.8) is 0 Å². The molecule has 2 aliphatic rings. The summed E-state index contributed by atoms with van der Waals surface area (Å²) in [5.74, 6) is -0.159. The van der Waals surface area contributed by atoms with Gasteiger partial charge in [-0.25, -0.2) is 0 Å². The number of alkyl halides is 2. The predicted octanol–water partition coefficient (Wildman–Crippen LogP) is 2.39. The number of aryl methyl sites for hydroxylation is 1. The van der Waals surface area contributed by atoms with E-state index < -0.39 is 6.61 Å². The van der Waals surface area contributed by atoms with Gasteiger partial charge in [-0.1, -0.05) is 15.9 Å². The third-order valence-electron chi connectivity index (χ3n) is 5.51. The summed E-state index contributed by atoms with van der Waals surface area (Å²) in [6.07, 6.45) is 2.13. The van der Waals surface area contributed by atoms with E-state index >= 15 is 0 Å². The Morgan fingerprint density at radius 3 is 2.54 bits per heavy atom. The zero-order valence-corrected chi connectivity index (χ0v) is 17.0. The molecule has 0 bridgehead atoms. The minimum Gasteiger partial charge on any atom is -0.435 e. The zero-order valence-electron chi connectivity index (χ0n) is 15.5.